The van der Waals surface area contributed by atoms with Gasteiger partial charge >= 0.3 is 0 Å². The van der Waals surface area contributed by atoms with Crippen LogP contribution in [0.4, 0.5) is 0 Å². The van der Waals surface area contributed by atoms with Crippen molar-refractivity contribution in [1.82, 2.24) is 0 Å². The maximum Gasteiger partial charge on any atom is 0.241 e. The van der Waals surface area contributed by atoms with Crippen molar-refractivity contribution < 1.29 is 4.74 Å². The summed E-state index contributed by atoms with van der Waals surface area (Å²) in [5, 5.41) is 0. The molecule has 0 amide bonds. The van der Waals surface area contributed by atoms with Crippen molar-refractivity contribution in [2.24, 2.45) is 0 Å². The van der Waals surface area contributed by atoms with Gasteiger partial charge in [-0.05, 0) is 12.8 Å². The number of hydrogen-bond donors (Lipinski definition) is 0. The van der Waals surface area contributed by atoms with Crippen LogP contribution < -0.4 is 16.4 Å². The van der Waals surface area contributed by atoms with Crippen molar-refractivity contribution in [3.63, 3.8) is 0 Å². The van der Waals surface area contributed by atoms with Gasteiger partial charge < -0.3 is 4.74 Å². The van der Waals surface area contributed by atoms with Crippen molar-refractivity contribution in [2.75, 3.05) is 13.2 Å². The van der Waals surface area contributed by atoms with Crippen LogP contribution in [0, 0.1) is 0 Å². The van der Waals surface area contributed by atoms with Gasteiger partial charge in [0, 0.05) is 13.2 Å². The van der Waals surface area contributed by atoms with Crippen LogP contribution in [-0.2, 0) is 4.74 Å². The molecule has 2 heteroatoms. The van der Waals surface area contributed by atoms with E-state index in [1.165, 1.54) is 29.2 Å². The van der Waals surface area contributed by atoms with Gasteiger partial charge in [0.1, 0.15) is 0 Å². The second kappa shape index (κ2) is 9.10. The topological polar surface area (TPSA) is 9.23 Å². The van der Waals surface area contributed by atoms with Gasteiger partial charge in [-0.3, -0.25) is 0 Å². The molecular weight excluding hydrogens is 291 g/mol. The molecule has 0 aromatic heterocycles. The summed E-state index contributed by atoms with van der Waals surface area (Å²) in [6.07, 6.45) is 2.56. The summed E-state index contributed by atoms with van der Waals surface area (Å²) in [6.45, 7) is 2.31. The lowest BCUT2D eigenvalue weighted by molar-refractivity contribution is 0.198. The lowest BCUT2D eigenvalue weighted by atomic mass is 9.37. The first-order valence-corrected chi connectivity index (χ1v) is 8.68. The molecule has 0 saturated carbocycles. The summed E-state index contributed by atoms with van der Waals surface area (Å²) >= 11 is 0. The average molecular weight is 314 g/mol. The van der Waals surface area contributed by atoms with E-state index in [0.717, 1.165) is 13.2 Å². The maximum atomic E-state index is 4.94. The number of hydrogen-bond acceptors (Lipinski definition) is 1. The molecule has 0 radical (unpaired) electrons. The number of ether oxygens (including phenoxy) is 1. The Hall–Kier alpha value is -2.32. The highest BCUT2D eigenvalue weighted by atomic mass is 16.5. The minimum absolute atomic E-state index is 0.309. The van der Waals surface area contributed by atoms with E-state index in [2.05, 4.69) is 91.0 Å². The van der Waals surface area contributed by atoms with Gasteiger partial charge in [-0.1, -0.05) is 107 Å². The Bertz CT molecular complexity index is 592. The molecule has 0 N–H and O–H groups in total. The molecule has 0 aliphatic carbocycles. The second-order valence-corrected chi connectivity index (χ2v) is 5.98. The van der Waals surface area contributed by atoms with E-state index in [9.17, 15) is 0 Å². The molecule has 4 rings (SSSR count). The van der Waals surface area contributed by atoms with Gasteiger partial charge in [-0.15, -0.1) is 0 Å². The average Bonchev–Trinajstić information content (AvgIpc) is 3.25. The predicted octanol–water partition coefficient (Wildman–Crippen LogP) is 3.00. The van der Waals surface area contributed by atoms with E-state index in [1.54, 1.807) is 0 Å². The Balaban J connectivity index is 0.000000290. The minimum Gasteiger partial charge on any atom is -0.381 e. The Kier molecular flexibility index (Phi) is 6.27. The Morgan fingerprint density at radius 2 is 0.833 bits per heavy atom. The fraction of sp³-hybridized carbons (Fsp3) is 0.182. The van der Waals surface area contributed by atoms with E-state index in [-0.39, 0.29) is 0 Å². The summed E-state index contributed by atoms with van der Waals surface area (Å²) < 4.78 is 4.94. The third kappa shape index (κ3) is 4.59. The zero-order valence-corrected chi connectivity index (χ0v) is 14.0. The molecule has 3 aromatic carbocycles. The zero-order chi connectivity index (χ0) is 16.5. The summed E-state index contributed by atoms with van der Waals surface area (Å²) in [5.74, 6) is 0. The van der Waals surface area contributed by atoms with Gasteiger partial charge in [0.2, 0.25) is 6.71 Å². The first-order valence-electron chi connectivity index (χ1n) is 8.68. The van der Waals surface area contributed by atoms with Gasteiger partial charge in [0.25, 0.3) is 0 Å². The van der Waals surface area contributed by atoms with Gasteiger partial charge in [-0.25, -0.2) is 0 Å². The lowest BCUT2D eigenvalue weighted by Crippen LogP contribution is -2.51. The third-order valence-electron chi connectivity index (χ3n) is 4.23. The molecule has 3 aromatic rings. The second-order valence-electron chi connectivity index (χ2n) is 5.98. The number of rotatable bonds is 3. The maximum absolute atomic E-state index is 4.94. The molecule has 1 fully saturated rings. The predicted molar refractivity (Wildman–Crippen MR) is 104 cm³/mol. The SMILES string of the molecule is C1CCOC1.c1ccc(B(c2ccccc2)c2ccccc2)cc1. The van der Waals surface area contributed by atoms with Crippen molar-refractivity contribution >= 4 is 23.1 Å². The zero-order valence-electron chi connectivity index (χ0n) is 14.0. The standard InChI is InChI=1S/C18H15B.C4H8O/c1-4-10-16(11-5-1)19(17-12-6-2-7-13-17)18-14-8-3-9-15-18;1-2-4-5-3-1/h1-15H;1-4H2. The molecule has 1 saturated heterocycles. The van der Waals surface area contributed by atoms with Crippen LogP contribution in [0.5, 0.6) is 0 Å². The normalized spacial score (nSPS) is 13.0. The summed E-state index contributed by atoms with van der Waals surface area (Å²) in [6, 6.07) is 32.0. The Morgan fingerprint density at radius 1 is 0.500 bits per heavy atom. The Labute approximate surface area is 145 Å². The molecular formula is C22H23BO. The smallest absolute Gasteiger partial charge is 0.241 e. The van der Waals surface area contributed by atoms with Crippen molar-refractivity contribution in [3.05, 3.63) is 91.0 Å². The quantitative estimate of drug-likeness (QED) is 0.675. The van der Waals surface area contributed by atoms with Crippen LogP contribution in [0.15, 0.2) is 91.0 Å². The minimum atomic E-state index is 0.309. The van der Waals surface area contributed by atoms with E-state index < -0.39 is 0 Å². The summed E-state index contributed by atoms with van der Waals surface area (Å²) in [7, 11) is 0. The highest BCUT2D eigenvalue weighted by molar-refractivity contribution is 6.95. The van der Waals surface area contributed by atoms with Crippen LogP contribution in [0.3, 0.4) is 0 Å². The first-order chi connectivity index (χ1) is 11.9. The fourth-order valence-corrected chi connectivity index (χ4v) is 3.02. The van der Waals surface area contributed by atoms with Crippen molar-refractivity contribution in [1.29, 1.82) is 0 Å². The molecule has 0 atom stereocenters. The third-order valence-corrected chi connectivity index (χ3v) is 4.23. The largest absolute Gasteiger partial charge is 0.381 e. The van der Waals surface area contributed by atoms with Crippen LogP contribution in [0.25, 0.3) is 0 Å². The van der Waals surface area contributed by atoms with E-state index in [4.69, 9.17) is 4.74 Å². The highest BCUT2D eigenvalue weighted by Crippen LogP contribution is 1.98. The molecule has 1 heterocycles. The van der Waals surface area contributed by atoms with Crippen LogP contribution in [0.2, 0.25) is 0 Å². The highest BCUT2D eigenvalue weighted by Gasteiger charge is 2.20. The molecule has 24 heavy (non-hydrogen) atoms. The molecule has 0 unspecified atom stereocenters. The molecule has 120 valence electrons. The molecule has 1 aliphatic rings. The van der Waals surface area contributed by atoms with Crippen LogP contribution in [-0.4, -0.2) is 19.9 Å². The lowest BCUT2D eigenvalue weighted by Gasteiger charge is -2.15. The molecule has 0 bridgehead atoms. The molecule has 1 aliphatic heterocycles. The first kappa shape index (κ1) is 16.5. The van der Waals surface area contributed by atoms with E-state index in [1.807, 2.05) is 0 Å². The van der Waals surface area contributed by atoms with Crippen LogP contribution >= 0.6 is 0 Å². The molecule has 0 spiro atoms. The fourth-order valence-electron chi connectivity index (χ4n) is 3.02. The van der Waals surface area contributed by atoms with Gasteiger partial charge in [0.05, 0.1) is 0 Å². The van der Waals surface area contributed by atoms with Crippen molar-refractivity contribution in [2.45, 2.75) is 12.8 Å². The van der Waals surface area contributed by atoms with E-state index in [0.29, 0.717) is 6.71 Å². The van der Waals surface area contributed by atoms with E-state index >= 15 is 0 Å². The molecule has 1 nitrogen and oxygen atoms in total. The van der Waals surface area contributed by atoms with Gasteiger partial charge in [0.15, 0.2) is 0 Å². The Morgan fingerprint density at radius 3 is 1.08 bits per heavy atom. The summed E-state index contributed by atoms with van der Waals surface area (Å²) in [5.41, 5.74) is 4.00. The van der Waals surface area contributed by atoms with Gasteiger partial charge in [-0.2, -0.15) is 0 Å². The summed E-state index contributed by atoms with van der Waals surface area (Å²) in [4.78, 5) is 0. The monoisotopic (exact) mass is 314 g/mol. The van der Waals surface area contributed by atoms with Crippen molar-refractivity contribution in [3.8, 4) is 0 Å². The van der Waals surface area contributed by atoms with Crippen LogP contribution in [0.1, 0.15) is 12.8 Å². The number of benzene rings is 3.